The molecule has 1 fully saturated rings. The summed E-state index contributed by atoms with van der Waals surface area (Å²) >= 11 is 0. The number of hydrogen-bond donors (Lipinski definition) is 1. The number of aliphatic hydroxyl groups excluding tert-OH is 1. The maximum atomic E-state index is 13.2. The summed E-state index contributed by atoms with van der Waals surface area (Å²) in [5, 5.41) is 11.2. The molecule has 8 nitrogen and oxygen atoms in total. The Bertz CT molecular complexity index is 1060. The predicted octanol–water partition coefficient (Wildman–Crippen LogP) is 3.09. The van der Waals surface area contributed by atoms with Gasteiger partial charge in [0.25, 0.3) is 11.7 Å². The molecule has 0 radical (unpaired) electrons. The highest BCUT2D eigenvalue weighted by Gasteiger charge is 2.47. The van der Waals surface area contributed by atoms with Gasteiger partial charge in [-0.15, -0.1) is 0 Å². The topological polar surface area (TPSA) is 88.5 Å². The van der Waals surface area contributed by atoms with E-state index in [1.807, 2.05) is 19.0 Å². The first-order chi connectivity index (χ1) is 15.8. The smallest absolute Gasteiger partial charge is 0.295 e. The first-order valence-corrected chi connectivity index (χ1v) is 10.6. The van der Waals surface area contributed by atoms with Crippen molar-refractivity contribution < 1.29 is 28.9 Å². The van der Waals surface area contributed by atoms with Crippen LogP contribution in [0.3, 0.4) is 0 Å². The van der Waals surface area contributed by atoms with Crippen molar-refractivity contribution >= 4 is 17.4 Å². The van der Waals surface area contributed by atoms with E-state index >= 15 is 0 Å². The number of ether oxygens (including phenoxy) is 3. The van der Waals surface area contributed by atoms with Crippen molar-refractivity contribution in [3.63, 3.8) is 0 Å². The summed E-state index contributed by atoms with van der Waals surface area (Å²) in [5.74, 6) is -0.272. The monoisotopic (exact) mass is 454 g/mol. The van der Waals surface area contributed by atoms with E-state index in [-0.39, 0.29) is 11.3 Å². The molecule has 0 saturated carbocycles. The van der Waals surface area contributed by atoms with Gasteiger partial charge in [0.05, 0.1) is 32.9 Å². The molecule has 0 unspecified atom stereocenters. The molecule has 0 aliphatic carbocycles. The SMILES string of the molecule is COc1cccc(C(O)=C2C(=O)C(=O)N(CCCN(C)C)[C@@H]2c2cccc(OC)c2OC)c1. The van der Waals surface area contributed by atoms with E-state index in [0.717, 1.165) is 6.54 Å². The number of benzene rings is 2. The molecule has 2 aromatic rings. The molecule has 1 N–H and O–H groups in total. The van der Waals surface area contributed by atoms with Crippen LogP contribution in [-0.4, -0.2) is 75.1 Å². The molecule has 2 aromatic carbocycles. The average molecular weight is 455 g/mol. The van der Waals surface area contributed by atoms with Gasteiger partial charge in [-0.05, 0) is 45.3 Å². The standard InChI is InChI=1S/C25H30N2O6/c1-26(2)13-8-14-27-21(18-11-7-12-19(32-4)24(18)33-5)20(23(29)25(27)30)22(28)16-9-6-10-17(15-16)31-3/h6-7,9-12,15,21,28H,8,13-14H2,1-5H3/t21-/m1/s1. The maximum Gasteiger partial charge on any atom is 0.295 e. The lowest BCUT2D eigenvalue weighted by atomic mass is 9.94. The van der Waals surface area contributed by atoms with Gasteiger partial charge in [0.1, 0.15) is 11.5 Å². The third kappa shape index (κ3) is 4.80. The minimum absolute atomic E-state index is 0.00431. The van der Waals surface area contributed by atoms with E-state index in [9.17, 15) is 14.7 Å². The van der Waals surface area contributed by atoms with Gasteiger partial charge in [-0.25, -0.2) is 0 Å². The summed E-state index contributed by atoms with van der Waals surface area (Å²) in [6, 6.07) is 11.2. The first-order valence-electron chi connectivity index (χ1n) is 10.6. The fourth-order valence-electron chi connectivity index (χ4n) is 4.04. The van der Waals surface area contributed by atoms with Crippen LogP contribution in [-0.2, 0) is 9.59 Å². The third-order valence-corrected chi connectivity index (χ3v) is 5.62. The third-order valence-electron chi connectivity index (χ3n) is 5.62. The zero-order chi connectivity index (χ0) is 24.1. The molecule has 8 heteroatoms. The van der Waals surface area contributed by atoms with Crippen molar-refractivity contribution in [3.05, 3.63) is 59.2 Å². The highest BCUT2D eigenvalue weighted by Crippen LogP contribution is 2.45. The number of methoxy groups -OCH3 is 3. The second-order valence-corrected chi connectivity index (χ2v) is 7.96. The molecular formula is C25H30N2O6. The van der Waals surface area contributed by atoms with Gasteiger partial charge in [-0.1, -0.05) is 24.3 Å². The summed E-state index contributed by atoms with van der Waals surface area (Å²) < 4.78 is 16.3. The van der Waals surface area contributed by atoms with Gasteiger partial charge < -0.3 is 29.1 Å². The number of carbonyl (C=O) groups excluding carboxylic acids is 2. The zero-order valence-electron chi connectivity index (χ0n) is 19.6. The highest BCUT2D eigenvalue weighted by molar-refractivity contribution is 6.46. The van der Waals surface area contributed by atoms with Crippen LogP contribution in [0.25, 0.3) is 5.76 Å². The molecular weight excluding hydrogens is 424 g/mol. The van der Waals surface area contributed by atoms with Crippen LogP contribution in [0.5, 0.6) is 17.2 Å². The van der Waals surface area contributed by atoms with E-state index < -0.39 is 17.7 Å². The molecule has 3 rings (SSSR count). The molecule has 1 amide bonds. The summed E-state index contributed by atoms with van der Waals surface area (Å²) in [5.41, 5.74) is 0.947. The van der Waals surface area contributed by atoms with Crippen LogP contribution in [0.15, 0.2) is 48.0 Å². The largest absolute Gasteiger partial charge is 0.507 e. The molecule has 1 atom stereocenters. The molecule has 0 aromatic heterocycles. The summed E-state index contributed by atoms with van der Waals surface area (Å²) in [6.45, 7) is 1.07. The Morgan fingerprint density at radius 3 is 2.39 bits per heavy atom. The van der Waals surface area contributed by atoms with Crippen molar-refractivity contribution in [1.29, 1.82) is 0 Å². The Hall–Kier alpha value is -3.52. The van der Waals surface area contributed by atoms with Gasteiger partial charge in [0, 0.05) is 17.7 Å². The summed E-state index contributed by atoms with van der Waals surface area (Å²) in [4.78, 5) is 29.8. The minimum Gasteiger partial charge on any atom is -0.507 e. The first kappa shape index (κ1) is 24.1. The lowest BCUT2D eigenvalue weighted by molar-refractivity contribution is -0.140. The van der Waals surface area contributed by atoms with Crippen molar-refractivity contribution in [1.82, 2.24) is 9.80 Å². The molecule has 1 aliphatic rings. The number of para-hydroxylation sites is 1. The van der Waals surface area contributed by atoms with Crippen LogP contribution < -0.4 is 14.2 Å². The number of rotatable bonds is 9. The van der Waals surface area contributed by atoms with Crippen LogP contribution in [0.4, 0.5) is 0 Å². The number of amides is 1. The highest BCUT2D eigenvalue weighted by atomic mass is 16.5. The molecule has 0 bridgehead atoms. The second kappa shape index (κ2) is 10.4. The zero-order valence-corrected chi connectivity index (χ0v) is 19.6. The lowest BCUT2D eigenvalue weighted by Crippen LogP contribution is -2.32. The van der Waals surface area contributed by atoms with E-state index in [1.54, 1.807) is 42.5 Å². The quantitative estimate of drug-likeness (QED) is 0.354. The number of nitrogens with zero attached hydrogens (tertiary/aromatic N) is 2. The minimum atomic E-state index is -0.830. The maximum absolute atomic E-state index is 13.2. The van der Waals surface area contributed by atoms with Crippen molar-refractivity contribution in [2.24, 2.45) is 0 Å². The molecule has 176 valence electrons. The van der Waals surface area contributed by atoms with Crippen molar-refractivity contribution in [2.45, 2.75) is 12.5 Å². The normalized spacial score (nSPS) is 17.5. The molecule has 0 spiro atoms. The Balaban J connectivity index is 2.20. The van der Waals surface area contributed by atoms with E-state index in [4.69, 9.17) is 14.2 Å². The fourth-order valence-corrected chi connectivity index (χ4v) is 4.04. The number of ketones is 1. The Morgan fingerprint density at radius 1 is 1.03 bits per heavy atom. The van der Waals surface area contributed by atoms with E-state index in [2.05, 4.69) is 0 Å². The van der Waals surface area contributed by atoms with Crippen molar-refractivity contribution in [2.75, 3.05) is 48.5 Å². The molecule has 1 aliphatic heterocycles. The predicted molar refractivity (Wildman–Crippen MR) is 125 cm³/mol. The Labute approximate surface area is 194 Å². The summed E-state index contributed by atoms with van der Waals surface area (Å²) in [7, 11) is 8.43. The lowest BCUT2D eigenvalue weighted by Gasteiger charge is -2.27. The second-order valence-electron chi connectivity index (χ2n) is 7.96. The number of likely N-dealkylation sites (tertiary alicyclic amines) is 1. The van der Waals surface area contributed by atoms with Gasteiger partial charge in [-0.2, -0.15) is 0 Å². The van der Waals surface area contributed by atoms with Crippen LogP contribution in [0.2, 0.25) is 0 Å². The summed E-state index contributed by atoms with van der Waals surface area (Å²) in [6.07, 6.45) is 0.655. The van der Waals surface area contributed by atoms with Gasteiger partial charge >= 0.3 is 0 Å². The van der Waals surface area contributed by atoms with E-state index in [0.29, 0.717) is 41.3 Å². The van der Waals surface area contributed by atoms with Crippen molar-refractivity contribution in [3.8, 4) is 17.2 Å². The molecule has 1 saturated heterocycles. The van der Waals surface area contributed by atoms with Crippen LogP contribution in [0.1, 0.15) is 23.6 Å². The number of aliphatic hydroxyl groups is 1. The number of carbonyl (C=O) groups is 2. The van der Waals surface area contributed by atoms with Gasteiger partial charge in [0.2, 0.25) is 0 Å². The number of hydrogen-bond acceptors (Lipinski definition) is 7. The molecule has 33 heavy (non-hydrogen) atoms. The fraction of sp³-hybridized carbons (Fsp3) is 0.360. The van der Waals surface area contributed by atoms with Gasteiger partial charge in [-0.3, -0.25) is 9.59 Å². The average Bonchev–Trinajstić information content (AvgIpc) is 3.07. The van der Waals surface area contributed by atoms with E-state index in [1.165, 1.54) is 26.2 Å². The Kier molecular flexibility index (Phi) is 7.60. The molecule has 1 heterocycles. The van der Waals surface area contributed by atoms with Gasteiger partial charge in [0.15, 0.2) is 11.5 Å². The van der Waals surface area contributed by atoms with Crippen LogP contribution in [0, 0.1) is 0 Å². The number of Topliss-reactive ketones (excluding diaryl/α,β-unsaturated/α-hetero) is 1. The van der Waals surface area contributed by atoms with Crippen LogP contribution >= 0.6 is 0 Å². The Morgan fingerprint density at radius 2 is 1.76 bits per heavy atom.